The number of likely N-dealkylation sites (tertiary alicyclic amines) is 1. The van der Waals surface area contributed by atoms with Crippen LogP contribution in [0.3, 0.4) is 0 Å². The minimum absolute atomic E-state index is 0.0992. The Morgan fingerprint density at radius 3 is 2.57 bits per heavy atom. The molecule has 3 heterocycles. The van der Waals surface area contributed by atoms with Crippen LogP contribution in [-0.2, 0) is 16.1 Å². The average Bonchev–Trinajstić information content (AvgIpc) is 2.78. The van der Waals surface area contributed by atoms with Crippen molar-refractivity contribution in [3.8, 4) is 0 Å². The van der Waals surface area contributed by atoms with Gasteiger partial charge in [0.05, 0.1) is 28.6 Å². The lowest BCUT2D eigenvalue weighted by Crippen LogP contribution is -2.35. The van der Waals surface area contributed by atoms with Gasteiger partial charge in [-0.2, -0.15) is 0 Å². The maximum absolute atomic E-state index is 12.4. The summed E-state index contributed by atoms with van der Waals surface area (Å²) in [6.07, 6.45) is 1.51. The summed E-state index contributed by atoms with van der Waals surface area (Å²) in [7, 11) is -1.57. The van der Waals surface area contributed by atoms with E-state index in [9.17, 15) is 19.6 Å². The Labute approximate surface area is 136 Å². The molecule has 2 atom stereocenters. The summed E-state index contributed by atoms with van der Waals surface area (Å²) in [5.41, 5.74) is 0.815. The van der Waals surface area contributed by atoms with E-state index in [-0.39, 0.29) is 35.6 Å². The molecule has 1 aliphatic carbocycles. The van der Waals surface area contributed by atoms with Gasteiger partial charge in [0.1, 0.15) is 0 Å². The lowest BCUT2D eigenvalue weighted by molar-refractivity contribution is -0.143. The number of amides is 2. The van der Waals surface area contributed by atoms with Gasteiger partial charge in [-0.25, -0.2) is 0 Å². The molecular formula is C15H15BN2O4S. The summed E-state index contributed by atoms with van der Waals surface area (Å²) in [4.78, 5) is 31.1. The Morgan fingerprint density at radius 1 is 1.30 bits per heavy atom. The van der Waals surface area contributed by atoms with Crippen LogP contribution >= 0.6 is 11.3 Å². The summed E-state index contributed by atoms with van der Waals surface area (Å²) in [5, 5.41) is 18.8. The molecule has 0 aromatic carbocycles. The van der Waals surface area contributed by atoms with Crippen LogP contribution in [0.5, 0.6) is 0 Å². The molecule has 0 spiro atoms. The van der Waals surface area contributed by atoms with Crippen LogP contribution in [0.4, 0.5) is 0 Å². The normalized spacial score (nSPS) is 25.1. The Kier molecular flexibility index (Phi) is 2.98. The first-order chi connectivity index (χ1) is 10.8. The summed E-state index contributed by atoms with van der Waals surface area (Å²) < 4.78 is 0.669. The Morgan fingerprint density at radius 2 is 1.96 bits per heavy atom. The van der Waals surface area contributed by atoms with Crippen LogP contribution in [0.25, 0.3) is 10.2 Å². The number of piperidine rings is 1. The molecule has 6 nitrogen and oxygen atoms in total. The van der Waals surface area contributed by atoms with Crippen molar-refractivity contribution in [2.75, 3.05) is 0 Å². The Balaban J connectivity index is 1.64. The monoisotopic (exact) mass is 330 g/mol. The van der Waals surface area contributed by atoms with Gasteiger partial charge in [-0.15, -0.1) is 11.3 Å². The molecule has 2 aromatic rings. The molecule has 1 saturated carbocycles. The van der Waals surface area contributed by atoms with E-state index >= 15 is 0 Å². The third kappa shape index (κ3) is 1.98. The third-order valence-corrected chi connectivity index (χ3v) is 6.14. The zero-order valence-corrected chi connectivity index (χ0v) is 13.5. The SMILES string of the molecule is CC1(C)C2C(=O)N(Cc3cc4nccc(B(O)O)c4s3)C(=O)C21. The van der Waals surface area contributed by atoms with Crippen molar-refractivity contribution in [1.29, 1.82) is 0 Å². The molecule has 4 rings (SSSR count). The number of fused-ring (bicyclic) bond motifs is 2. The highest BCUT2D eigenvalue weighted by atomic mass is 32.1. The molecule has 0 bridgehead atoms. The second-order valence-corrected chi connectivity index (χ2v) is 7.88. The zero-order chi connectivity index (χ0) is 16.5. The van der Waals surface area contributed by atoms with Crippen molar-refractivity contribution in [2.45, 2.75) is 20.4 Å². The molecule has 8 heteroatoms. The molecule has 23 heavy (non-hydrogen) atoms. The molecular weight excluding hydrogens is 315 g/mol. The van der Waals surface area contributed by atoms with E-state index in [2.05, 4.69) is 4.98 Å². The lowest BCUT2D eigenvalue weighted by Gasteiger charge is -2.19. The van der Waals surface area contributed by atoms with Gasteiger partial charge in [-0.05, 0) is 17.5 Å². The topological polar surface area (TPSA) is 90.7 Å². The van der Waals surface area contributed by atoms with Gasteiger partial charge in [-0.1, -0.05) is 13.8 Å². The van der Waals surface area contributed by atoms with Gasteiger partial charge in [0, 0.05) is 16.5 Å². The van der Waals surface area contributed by atoms with Crippen molar-refractivity contribution in [3.05, 3.63) is 23.2 Å². The van der Waals surface area contributed by atoms with E-state index in [0.717, 1.165) is 4.88 Å². The fraction of sp³-hybridized carbons (Fsp3) is 0.400. The largest absolute Gasteiger partial charge is 0.490 e. The van der Waals surface area contributed by atoms with Crippen LogP contribution in [0.15, 0.2) is 18.3 Å². The van der Waals surface area contributed by atoms with Crippen LogP contribution in [0.2, 0.25) is 0 Å². The molecule has 2 aliphatic rings. The average molecular weight is 330 g/mol. The first-order valence-corrected chi connectivity index (χ1v) is 8.22. The maximum atomic E-state index is 12.4. The van der Waals surface area contributed by atoms with Crippen LogP contribution in [-0.4, -0.2) is 38.9 Å². The smallest absolute Gasteiger partial charge is 0.423 e. The van der Waals surface area contributed by atoms with Crippen molar-refractivity contribution in [2.24, 2.45) is 17.3 Å². The predicted octanol–water partition coefficient (Wildman–Crippen LogP) is 0.117. The number of hydrogen-bond donors (Lipinski definition) is 2. The van der Waals surface area contributed by atoms with Gasteiger partial charge >= 0.3 is 7.12 Å². The van der Waals surface area contributed by atoms with Crippen LogP contribution in [0.1, 0.15) is 18.7 Å². The second-order valence-electron chi connectivity index (χ2n) is 6.74. The van der Waals surface area contributed by atoms with Crippen molar-refractivity contribution in [1.82, 2.24) is 9.88 Å². The van der Waals surface area contributed by atoms with E-state index in [1.165, 1.54) is 22.4 Å². The Bertz CT molecular complexity index is 823. The molecule has 1 aliphatic heterocycles. The molecule has 2 amide bonds. The molecule has 118 valence electrons. The first kappa shape index (κ1) is 14.8. The fourth-order valence-corrected chi connectivity index (χ4v) is 4.74. The van der Waals surface area contributed by atoms with Crippen molar-refractivity contribution in [3.63, 3.8) is 0 Å². The van der Waals surface area contributed by atoms with Crippen LogP contribution < -0.4 is 5.46 Å². The van der Waals surface area contributed by atoms with Crippen LogP contribution in [0, 0.1) is 17.3 Å². The Hall–Kier alpha value is -1.77. The number of nitrogens with zero attached hydrogens (tertiary/aromatic N) is 2. The highest BCUT2D eigenvalue weighted by molar-refractivity contribution is 7.20. The maximum Gasteiger partial charge on any atom is 0.490 e. The summed E-state index contributed by atoms with van der Waals surface area (Å²) in [6.45, 7) is 4.13. The molecule has 0 radical (unpaired) electrons. The van der Waals surface area contributed by atoms with E-state index in [1.54, 1.807) is 12.1 Å². The van der Waals surface area contributed by atoms with E-state index in [0.29, 0.717) is 15.7 Å². The van der Waals surface area contributed by atoms with E-state index in [1.807, 2.05) is 13.8 Å². The molecule has 2 N–H and O–H groups in total. The lowest BCUT2D eigenvalue weighted by atomic mass is 9.81. The number of carbonyl (C=O) groups excluding carboxylic acids is 2. The second kappa shape index (κ2) is 4.62. The number of imide groups is 1. The standard InChI is InChI=1S/C15H15BN2O4S/c1-15(2)10-11(15)14(20)18(13(10)19)6-7-5-9-12(23-7)8(16(21)22)3-4-17-9/h3-5,10-11,21-22H,6H2,1-2H3. The minimum atomic E-state index is -1.57. The van der Waals surface area contributed by atoms with Gasteiger partial charge in [0.2, 0.25) is 11.8 Å². The zero-order valence-electron chi connectivity index (χ0n) is 12.7. The summed E-state index contributed by atoms with van der Waals surface area (Å²) in [5.74, 6) is -0.565. The number of thiophene rings is 1. The minimum Gasteiger partial charge on any atom is -0.423 e. The molecule has 2 unspecified atom stereocenters. The number of rotatable bonds is 3. The third-order valence-electron chi connectivity index (χ3n) is 4.98. The van der Waals surface area contributed by atoms with Gasteiger partial charge in [0.15, 0.2) is 0 Å². The molecule has 2 fully saturated rings. The van der Waals surface area contributed by atoms with Crippen molar-refractivity contribution < 1.29 is 19.6 Å². The van der Waals surface area contributed by atoms with E-state index in [4.69, 9.17) is 0 Å². The number of hydrogen-bond acceptors (Lipinski definition) is 6. The molecule has 2 aromatic heterocycles. The quantitative estimate of drug-likeness (QED) is 0.616. The number of pyridine rings is 1. The van der Waals surface area contributed by atoms with Crippen molar-refractivity contribution >= 4 is 45.9 Å². The van der Waals surface area contributed by atoms with Gasteiger partial charge in [-0.3, -0.25) is 19.5 Å². The number of carbonyl (C=O) groups is 2. The summed E-state index contributed by atoms with van der Waals surface area (Å²) in [6, 6.07) is 3.35. The fourth-order valence-electron chi connectivity index (χ4n) is 3.60. The first-order valence-electron chi connectivity index (χ1n) is 7.41. The van der Waals surface area contributed by atoms with Gasteiger partial charge < -0.3 is 10.0 Å². The molecule has 1 saturated heterocycles. The van der Waals surface area contributed by atoms with E-state index < -0.39 is 7.12 Å². The highest BCUT2D eigenvalue weighted by Gasteiger charge is 2.72. The van der Waals surface area contributed by atoms with Gasteiger partial charge in [0.25, 0.3) is 0 Å². The summed E-state index contributed by atoms with van der Waals surface area (Å²) >= 11 is 1.33. The predicted molar refractivity (Wildman–Crippen MR) is 85.8 cm³/mol. The highest BCUT2D eigenvalue weighted by Crippen LogP contribution is 2.63. The number of aromatic nitrogens is 1.